The normalized spacial score (nSPS) is 14.5. The van der Waals surface area contributed by atoms with Crippen LogP contribution in [0.1, 0.15) is 28.4 Å². The van der Waals surface area contributed by atoms with Crippen LogP contribution in [0.4, 0.5) is 4.39 Å². The molecule has 0 radical (unpaired) electrons. The molecule has 34 heavy (non-hydrogen) atoms. The van der Waals surface area contributed by atoms with E-state index >= 15 is 0 Å². The third-order valence-electron chi connectivity index (χ3n) is 4.91. The summed E-state index contributed by atoms with van der Waals surface area (Å²) in [6, 6.07) is 19.8. The molecule has 0 aromatic heterocycles. The first kappa shape index (κ1) is 23.7. The van der Waals surface area contributed by atoms with Crippen molar-refractivity contribution < 1.29 is 23.5 Å². The Kier molecular flexibility index (Phi) is 7.40. The summed E-state index contributed by atoms with van der Waals surface area (Å²) in [4.78, 5) is 27.5. The lowest BCUT2D eigenvalue weighted by Gasteiger charge is -2.14. The molecule has 5 nitrogen and oxygen atoms in total. The number of thiocarbonyl (C=S) groups is 1. The van der Waals surface area contributed by atoms with Crippen LogP contribution >= 0.6 is 24.0 Å². The van der Waals surface area contributed by atoms with Gasteiger partial charge in [-0.05, 0) is 60.5 Å². The molecule has 4 rings (SSSR count). The average molecular weight is 494 g/mol. The molecule has 0 spiro atoms. The summed E-state index contributed by atoms with van der Waals surface area (Å²) in [6.45, 7) is 2.57. The molecule has 0 N–H and O–H groups in total. The first-order valence-electron chi connectivity index (χ1n) is 10.5. The molecule has 0 bridgehead atoms. The van der Waals surface area contributed by atoms with E-state index in [1.54, 1.807) is 29.2 Å². The van der Waals surface area contributed by atoms with E-state index in [2.05, 4.69) is 0 Å². The summed E-state index contributed by atoms with van der Waals surface area (Å²) in [5, 5.41) is 0. The van der Waals surface area contributed by atoms with Gasteiger partial charge in [0.25, 0.3) is 5.91 Å². The number of thioether (sulfide) groups is 1. The van der Waals surface area contributed by atoms with Crippen LogP contribution in [0.3, 0.4) is 0 Å². The van der Waals surface area contributed by atoms with Gasteiger partial charge in [-0.3, -0.25) is 9.69 Å². The molecule has 172 valence electrons. The fraction of sp³-hybridized carbons (Fsp3) is 0.115. The van der Waals surface area contributed by atoms with Crippen molar-refractivity contribution in [1.82, 2.24) is 4.90 Å². The fourth-order valence-corrected chi connectivity index (χ4v) is 4.52. The number of nitrogens with zero attached hydrogens (tertiary/aromatic N) is 1. The van der Waals surface area contributed by atoms with Gasteiger partial charge < -0.3 is 9.47 Å². The minimum absolute atomic E-state index is 0.163. The lowest BCUT2D eigenvalue weighted by molar-refractivity contribution is -0.122. The second-order valence-corrected chi connectivity index (χ2v) is 8.96. The summed E-state index contributed by atoms with van der Waals surface area (Å²) in [7, 11) is 0. The van der Waals surface area contributed by atoms with Crippen LogP contribution in [0.15, 0.2) is 77.7 Å². The number of hydrogen-bond donors (Lipinski definition) is 0. The molecular weight excluding hydrogens is 473 g/mol. The number of amides is 1. The van der Waals surface area contributed by atoms with Crippen molar-refractivity contribution >= 4 is 46.3 Å². The zero-order valence-corrected chi connectivity index (χ0v) is 19.8. The molecule has 8 heteroatoms. The molecule has 0 unspecified atom stereocenters. The summed E-state index contributed by atoms with van der Waals surface area (Å²) < 4.78 is 24.7. The molecule has 3 aromatic carbocycles. The quantitative estimate of drug-likeness (QED) is 0.178. The predicted octanol–water partition coefficient (Wildman–Crippen LogP) is 5.85. The van der Waals surface area contributed by atoms with Gasteiger partial charge in [-0.1, -0.05) is 60.4 Å². The highest BCUT2D eigenvalue weighted by atomic mass is 32.2. The van der Waals surface area contributed by atoms with Crippen molar-refractivity contribution in [2.24, 2.45) is 0 Å². The van der Waals surface area contributed by atoms with E-state index in [0.29, 0.717) is 33.7 Å². The Morgan fingerprint density at radius 3 is 2.50 bits per heavy atom. The van der Waals surface area contributed by atoms with Gasteiger partial charge in [0.2, 0.25) is 0 Å². The topological polar surface area (TPSA) is 55.8 Å². The van der Waals surface area contributed by atoms with E-state index in [1.807, 2.05) is 37.3 Å². The second kappa shape index (κ2) is 10.6. The maximum atomic E-state index is 13.1. The lowest BCUT2D eigenvalue weighted by Crippen LogP contribution is -2.27. The minimum atomic E-state index is -0.629. The molecular formula is C26H20FNO4S2. The van der Waals surface area contributed by atoms with Crippen molar-refractivity contribution in [2.45, 2.75) is 13.5 Å². The fourth-order valence-electron chi connectivity index (χ4n) is 3.27. The molecule has 1 saturated heterocycles. The second-order valence-electron chi connectivity index (χ2n) is 7.29. The summed E-state index contributed by atoms with van der Waals surface area (Å²) in [5.74, 6) is -0.652. The largest absolute Gasteiger partial charge is 0.490 e. The van der Waals surface area contributed by atoms with Gasteiger partial charge in [0.1, 0.15) is 10.1 Å². The van der Waals surface area contributed by atoms with E-state index in [9.17, 15) is 14.0 Å². The lowest BCUT2D eigenvalue weighted by atomic mass is 10.1. The highest BCUT2D eigenvalue weighted by molar-refractivity contribution is 8.26. The summed E-state index contributed by atoms with van der Waals surface area (Å²) in [6.07, 6.45) is 1.73. The Morgan fingerprint density at radius 1 is 1.06 bits per heavy atom. The van der Waals surface area contributed by atoms with E-state index in [0.717, 1.165) is 5.56 Å². The third kappa shape index (κ3) is 5.52. The zero-order chi connectivity index (χ0) is 24.1. The van der Waals surface area contributed by atoms with Gasteiger partial charge in [0.05, 0.1) is 23.6 Å². The van der Waals surface area contributed by atoms with Crippen LogP contribution < -0.4 is 9.47 Å². The van der Waals surface area contributed by atoms with Crippen LogP contribution in [-0.2, 0) is 11.3 Å². The van der Waals surface area contributed by atoms with E-state index in [-0.39, 0.29) is 17.2 Å². The van der Waals surface area contributed by atoms with Crippen LogP contribution in [-0.4, -0.2) is 27.7 Å². The number of carbonyl (C=O) groups is 2. The minimum Gasteiger partial charge on any atom is -0.490 e. The van der Waals surface area contributed by atoms with Crippen molar-refractivity contribution in [3.05, 3.63) is 100 Å². The Bertz CT molecular complexity index is 1260. The number of rotatable bonds is 7. The van der Waals surface area contributed by atoms with Crippen LogP contribution in [0.5, 0.6) is 11.5 Å². The van der Waals surface area contributed by atoms with Gasteiger partial charge in [-0.25, -0.2) is 9.18 Å². The average Bonchev–Trinajstić information content (AvgIpc) is 3.09. The molecule has 1 aliphatic rings. The number of carbonyl (C=O) groups excluding carboxylic acids is 2. The van der Waals surface area contributed by atoms with E-state index < -0.39 is 11.8 Å². The van der Waals surface area contributed by atoms with Crippen LogP contribution in [0.25, 0.3) is 6.08 Å². The molecule has 0 atom stereocenters. The highest BCUT2D eigenvalue weighted by Crippen LogP contribution is 2.35. The predicted molar refractivity (Wildman–Crippen MR) is 134 cm³/mol. The SMILES string of the molecule is CCOc1cc(/C=C2\SC(=S)N(Cc3ccccc3)C2=O)ccc1OC(=O)c1ccc(F)cc1. The van der Waals surface area contributed by atoms with Crippen LogP contribution in [0, 0.1) is 5.82 Å². The van der Waals surface area contributed by atoms with Gasteiger partial charge in [-0.15, -0.1) is 0 Å². The number of benzene rings is 3. The van der Waals surface area contributed by atoms with E-state index in [4.69, 9.17) is 21.7 Å². The smallest absolute Gasteiger partial charge is 0.343 e. The van der Waals surface area contributed by atoms with Crippen molar-refractivity contribution in [3.8, 4) is 11.5 Å². The Morgan fingerprint density at radius 2 is 1.79 bits per heavy atom. The number of hydrogen-bond acceptors (Lipinski definition) is 6. The molecule has 1 aliphatic heterocycles. The van der Waals surface area contributed by atoms with Gasteiger partial charge in [-0.2, -0.15) is 0 Å². The molecule has 3 aromatic rings. The molecule has 1 amide bonds. The van der Waals surface area contributed by atoms with Crippen molar-refractivity contribution in [2.75, 3.05) is 6.61 Å². The standard InChI is InChI=1S/C26H20FNO4S2/c1-2-31-22-14-18(8-13-21(22)32-25(30)19-9-11-20(27)12-10-19)15-23-24(29)28(26(33)34-23)16-17-6-4-3-5-7-17/h3-15H,2,16H2,1H3/b23-15-. The highest BCUT2D eigenvalue weighted by Gasteiger charge is 2.32. The first-order valence-corrected chi connectivity index (χ1v) is 11.7. The molecule has 1 fully saturated rings. The summed E-state index contributed by atoms with van der Waals surface area (Å²) in [5.41, 5.74) is 1.91. The molecule has 0 saturated carbocycles. The molecule has 1 heterocycles. The monoisotopic (exact) mass is 493 g/mol. The molecule has 0 aliphatic carbocycles. The Labute approximate surface area is 206 Å². The summed E-state index contributed by atoms with van der Waals surface area (Å²) >= 11 is 6.66. The van der Waals surface area contributed by atoms with Crippen molar-refractivity contribution in [3.63, 3.8) is 0 Å². The first-order chi connectivity index (χ1) is 16.4. The van der Waals surface area contributed by atoms with Crippen molar-refractivity contribution in [1.29, 1.82) is 0 Å². The maximum absolute atomic E-state index is 13.1. The Hall–Kier alpha value is -3.49. The maximum Gasteiger partial charge on any atom is 0.343 e. The van der Waals surface area contributed by atoms with Gasteiger partial charge in [0.15, 0.2) is 11.5 Å². The van der Waals surface area contributed by atoms with E-state index in [1.165, 1.54) is 36.0 Å². The van der Waals surface area contributed by atoms with Crippen LogP contribution in [0.2, 0.25) is 0 Å². The zero-order valence-electron chi connectivity index (χ0n) is 18.2. The number of ether oxygens (including phenoxy) is 2. The Balaban J connectivity index is 1.53. The van der Waals surface area contributed by atoms with Gasteiger partial charge in [0, 0.05) is 0 Å². The number of halogens is 1. The van der Waals surface area contributed by atoms with Gasteiger partial charge >= 0.3 is 5.97 Å². The number of esters is 1. The third-order valence-corrected chi connectivity index (χ3v) is 6.28.